The molecule has 2 N–H and O–H groups in total. The number of carboxylic acid groups (broad SMARTS) is 1. The molecular formula is C12H24N2O2. The Morgan fingerprint density at radius 2 is 2.38 bits per heavy atom. The van der Waals surface area contributed by atoms with Crippen LogP contribution in [0.3, 0.4) is 0 Å². The number of aliphatic carboxylic acids is 1. The summed E-state index contributed by atoms with van der Waals surface area (Å²) in [5, 5.41) is 12.1. The fraction of sp³-hybridized carbons (Fsp3) is 0.917. The van der Waals surface area contributed by atoms with Crippen molar-refractivity contribution < 1.29 is 9.90 Å². The Hall–Kier alpha value is -0.610. The van der Waals surface area contributed by atoms with Gasteiger partial charge in [-0.1, -0.05) is 6.92 Å². The Bertz CT molecular complexity index is 221. The van der Waals surface area contributed by atoms with Crippen LogP contribution < -0.4 is 5.32 Å². The molecule has 0 aliphatic carbocycles. The van der Waals surface area contributed by atoms with E-state index in [-0.39, 0.29) is 6.04 Å². The topological polar surface area (TPSA) is 52.6 Å². The largest absolute Gasteiger partial charge is 0.480 e. The summed E-state index contributed by atoms with van der Waals surface area (Å²) in [6.07, 6.45) is 4.19. The first kappa shape index (κ1) is 13.5. The van der Waals surface area contributed by atoms with Gasteiger partial charge >= 0.3 is 5.97 Å². The third-order valence-electron chi connectivity index (χ3n) is 3.33. The molecule has 4 heteroatoms. The van der Waals surface area contributed by atoms with Crippen LogP contribution in [0.4, 0.5) is 0 Å². The van der Waals surface area contributed by atoms with Crippen LogP contribution in [0.2, 0.25) is 0 Å². The Kier molecular flexibility index (Phi) is 5.77. The third-order valence-corrected chi connectivity index (χ3v) is 3.33. The van der Waals surface area contributed by atoms with Gasteiger partial charge in [0, 0.05) is 12.6 Å². The zero-order valence-electron chi connectivity index (χ0n) is 10.4. The lowest BCUT2D eigenvalue weighted by atomic mass is 10.2. The molecule has 0 radical (unpaired) electrons. The van der Waals surface area contributed by atoms with Crippen molar-refractivity contribution >= 4 is 5.97 Å². The summed E-state index contributed by atoms with van der Waals surface area (Å²) in [6, 6.07) is 0.244. The van der Waals surface area contributed by atoms with Gasteiger partial charge in [-0.2, -0.15) is 0 Å². The number of carbonyl (C=O) groups is 1. The summed E-state index contributed by atoms with van der Waals surface area (Å²) in [5.41, 5.74) is 0. The highest BCUT2D eigenvalue weighted by atomic mass is 16.4. The van der Waals surface area contributed by atoms with Crippen LogP contribution in [0.25, 0.3) is 0 Å². The highest BCUT2D eigenvalue weighted by molar-refractivity contribution is 5.73. The van der Waals surface area contributed by atoms with Crippen LogP contribution >= 0.6 is 0 Å². The van der Waals surface area contributed by atoms with E-state index in [1.54, 1.807) is 0 Å². The van der Waals surface area contributed by atoms with Crippen molar-refractivity contribution in [2.45, 2.75) is 51.6 Å². The van der Waals surface area contributed by atoms with Crippen LogP contribution in [0.15, 0.2) is 0 Å². The minimum Gasteiger partial charge on any atom is -0.480 e. The highest BCUT2D eigenvalue weighted by Crippen LogP contribution is 2.16. The second-order valence-corrected chi connectivity index (χ2v) is 4.66. The molecule has 0 aromatic heterocycles. The van der Waals surface area contributed by atoms with Gasteiger partial charge in [0.05, 0.1) is 0 Å². The van der Waals surface area contributed by atoms with Crippen LogP contribution in [0.1, 0.15) is 39.5 Å². The second-order valence-electron chi connectivity index (χ2n) is 4.66. The minimum atomic E-state index is -0.722. The van der Waals surface area contributed by atoms with E-state index in [2.05, 4.69) is 24.1 Å². The zero-order chi connectivity index (χ0) is 12.0. The van der Waals surface area contributed by atoms with Gasteiger partial charge in [0.2, 0.25) is 0 Å². The maximum absolute atomic E-state index is 11.0. The molecule has 0 spiro atoms. The van der Waals surface area contributed by atoms with Crippen LogP contribution in [-0.4, -0.2) is 47.7 Å². The summed E-state index contributed by atoms with van der Waals surface area (Å²) in [6.45, 7) is 7.08. The lowest BCUT2D eigenvalue weighted by Crippen LogP contribution is -2.40. The normalized spacial score (nSPS) is 23.5. The van der Waals surface area contributed by atoms with Crippen molar-refractivity contribution in [3.63, 3.8) is 0 Å². The van der Waals surface area contributed by atoms with Crippen molar-refractivity contribution in [2.24, 2.45) is 0 Å². The van der Waals surface area contributed by atoms with Crippen LogP contribution in [-0.2, 0) is 4.79 Å². The van der Waals surface area contributed by atoms with E-state index in [1.807, 2.05) is 0 Å². The average molecular weight is 228 g/mol. The number of carboxylic acids is 1. The summed E-state index contributed by atoms with van der Waals surface area (Å²) in [7, 11) is 0. The summed E-state index contributed by atoms with van der Waals surface area (Å²) >= 11 is 0. The van der Waals surface area contributed by atoms with Gasteiger partial charge in [-0.15, -0.1) is 0 Å². The number of nitrogens with zero attached hydrogens (tertiary/aromatic N) is 1. The van der Waals surface area contributed by atoms with E-state index < -0.39 is 5.97 Å². The number of hydrogen-bond acceptors (Lipinski definition) is 3. The molecule has 0 aromatic rings. The summed E-state index contributed by atoms with van der Waals surface area (Å²) < 4.78 is 0. The Morgan fingerprint density at radius 1 is 1.62 bits per heavy atom. The lowest BCUT2D eigenvalue weighted by molar-refractivity contribution is -0.139. The summed E-state index contributed by atoms with van der Waals surface area (Å²) in [5.74, 6) is -0.722. The molecule has 1 aliphatic heterocycles. The molecule has 2 unspecified atom stereocenters. The molecule has 1 saturated heterocycles. The van der Waals surface area contributed by atoms with Crippen LogP contribution in [0.5, 0.6) is 0 Å². The standard InChI is InChI=1S/C12H24N2O2/c1-3-7-13-11(12(15)16)6-9-14-8-4-5-10(14)2/h10-11,13H,3-9H2,1-2H3,(H,15,16). The molecule has 0 bridgehead atoms. The summed E-state index contributed by atoms with van der Waals surface area (Å²) in [4.78, 5) is 13.4. The second kappa shape index (κ2) is 6.86. The first-order valence-electron chi connectivity index (χ1n) is 6.35. The van der Waals surface area contributed by atoms with E-state index in [9.17, 15) is 4.79 Å². The molecule has 0 amide bonds. The number of hydrogen-bond donors (Lipinski definition) is 2. The number of likely N-dealkylation sites (tertiary alicyclic amines) is 1. The molecule has 1 rings (SSSR count). The van der Waals surface area contributed by atoms with E-state index in [1.165, 1.54) is 12.8 Å². The molecule has 0 saturated carbocycles. The lowest BCUT2D eigenvalue weighted by Gasteiger charge is -2.23. The Balaban J connectivity index is 2.28. The highest BCUT2D eigenvalue weighted by Gasteiger charge is 2.23. The van der Waals surface area contributed by atoms with Gasteiger partial charge in [0.1, 0.15) is 6.04 Å². The maximum Gasteiger partial charge on any atom is 0.320 e. The van der Waals surface area contributed by atoms with E-state index in [0.717, 1.165) is 26.1 Å². The molecule has 1 heterocycles. The van der Waals surface area contributed by atoms with Gasteiger partial charge in [0.15, 0.2) is 0 Å². The number of nitrogens with one attached hydrogen (secondary N) is 1. The van der Waals surface area contributed by atoms with Gasteiger partial charge in [-0.25, -0.2) is 0 Å². The molecule has 4 nitrogen and oxygen atoms in total. The molecule has 0 aromatic carbocycles. The third kappa shape index (κ3) is 4.10. The molecule has 16 heavy (non-hydrogen) atoms. The van der Waals surface area contributed by atoms with Crippen LogP contribution in [0, 0.1) is 0 Å². The molecule has 2 atom stereocenters. The van der Waals surface area contributed by atoms with Crippen molar-refractivity contribution in [3.8, 4) is 0 Å². The van der Waals surface area contributed by atoms with Crippen molar-refractivity contribution in [3.05, 3.63) is 0 Å². The van der Waals surface area contributed by atoms with E-state index in [4.69, 9.17) is 5.11 Å². The quantitative estimate of drug-likeness (QED) is 0.690. The van der Waals surface area contributed by atoms with Crippen molar-refractivity contribution in [1.82, 2.24) is 10.2 Å². The smallest absolute Gasteiger partial charge is 0.320 e. The fourth-order valence-corrected chi connectivity index (χ4v) is 2.25. The molecule has 94 valence electrons. The maximum atomic E-state index is 11.0. The van der Waals surface area contributed by atoms with Gasteiger partial charge in [-0.05, 0) is 45.7 Å². The fourth-order valence-electron chi connectivity index (χ4n) is 2.25. The van der Waals surface area contributed by atoms with E-state index >= 15 is 0 Å². The molecular weight excluding hydrogens is 204 g/mol. The number of rotatable bonds is 7. The Labute approximate surface area is 98.0 Å². The molecule has 1 fully saturated rings. The predicted octanol–water partition coefficient (Wildman–Crippen LogP) is 1.31. The Morgan fingerprint density at radius 3 is 2.88 bits per heavy atom. The SMILES string of the molecule is CCCNC(CCN1CCCC1C)C(=O)O. The average Bonchev–Trinajstić information content (AvgIpc) is 2.64. The van der Waals surface area contributed by atoms with Gasteiger partial charge in [0.25, 0.3) is 0 Å². The van der Waals surface area contributed by atoms with Crippen molar-refractivity contribution in [1.29, 1.82) is 0 Å². The first-order chi connectivity index (χ1) is 7.65. The monoisotopic (exact) mass is 228 g/mol. The van der Waals surface area contributed by atoms with Gasteiger partial charge < -0.3 is 15.3 Å². The zero-order valence-corrected chi connectivity index (χ0v) is 10.4. The van der Waals surface area contributed by atoms with Gasteiger partial charge in [-0.3, -0.25) is 4.79 Å². The minimum absolute atomic E-state index is 0.382. The van der Waals surface area contributed by atoms with E-state index in [0.29, 0.717) is 12.5 Å². The van der Waals surface area contributed by atoms with Crippen molar-refractivity contribution in [2.75, 3.05) is 19.6 Å². The first-order valence-corrected chi connectivity index (χ1v) is 6.35. The molecule has 1 aliphatic rings. The predicted molar refractivity (Wildman–Crippen MR) is 64.6 cm³/mol.